The van der Waals surface area contributed by atoms with E-state index in [9.17, 15) is 13.2 Å². The van der Waals surface area contributed by atoms with E-state index in [2.05, 4.69) is 25.1 Å². The van der Waals surface area contributed by atoms with E-state index >= 15 is 0 Å². The quantitative estimate of drug-likeness (QED) is 0.381. The summed E-state index contributed by atoms with van der Waals surface area (Å²) in [5, 5.41) is 9.29. The monoisotopic (exact) mass is 460 g/mol. The van der Waals surface area contributed by atoms with Gasteiger partial charge in [0.25, 0.3) is 0 Å². The van der Waals surface area contributed by atoms with Gasteiger partial charge < -0.3 is 4.57 Å². The van der Waals surface area contributed by atoms with Gasteiger partial charge >= 0.3 is 6.18 Å². The van der Waals surface area contributed by atoms with Gasteiger partial charge in [-0.3, -0.25) is 9.88 Å². The molecule has 0 bridgehead atoms. The van der Waals surface area contributed by atoms with Crippen molar-refractivity contribution in [2.45, 2.75) is 24.2 Å². The predicted octanol–water partition coefficient (Wildman–Crippen LogP) is 4.56. The molecular weight excluding hydrogens is 437 g/mol. The van der Waals surface area contributed by atoms with E-state index in [1.165, 1.54) is 12.1 Å². The van der Waals surface area contributed by atoms with Crippen LogP contribution in [0.4, 0.5) is 13.2 Å². The third-order valence-corrected chi connectivity index (χ3v) is 6.44. The van der Waals surface area contributed by atoms with Gasteiger partial charge in [-0.1, -0.05) is 30.0 Å². The molecule has 3 heterocycles. The maximum absolute atomic E-state index is 13.0. The molecule has 1 aliphatic rings. The maximum Gasteiger partial charge on any atom is 0.416 e. The number of halogens is 3. The van der Waals surface area contributed by atoms with E-state index in [-0.39, 0.29) is 0 Å². The van der Waals surface area contributed by atoms with Crippen LogP contribution >= 0.6 is 11.8 Å². The lowest BCUT2D eigenvalue weighted by molar-refractivity contribution is -0.137. The van der Waals surface area contributed by atoms with Crippen LogP contribution in [0.3, 0.4) is 0 Å². The topological polar surface area (TPSA) is 59.7 Å². The number of hydrogen-bond donors (Lipinski definition) is 0. The van der Waals surface area contributed by atoms with Gasteiger partial charge in [0.05, 0.1) is 11.8 Å². The van der Waals surface area contributed by atoms with Crippen molar-refractivity contribution in [1.29, 1.82) is 0 Å². The summed E-state index contributed by atoms with van der Waals surface area (Å²) in [7, 11) is 1.91. The van der Waals surface area contributed by atoms with Gasteiger partial charge in [-0.2, -0.15) is 13.2 Å². The summed E-state index contributed by atoms with van der Waals surface area (Å²) in [5.74, 6) is 1.58. The zero-order valence-electron chi connectivity index (χ0n) is 17.6. The molecule has 3 aromatic rings. The van der Waals surface area contributed by atoms with Crippen LogP contribution < -0.4 is 0 Å². The van der Waals surface area contributed by atoms with Crippen molar-refractivity contribution >= 4 is 17.3 Å². The van der Waals surface area contributed by atoms with E-state index in [1.807, 2.05) is 17.7 Å². The normalized spacial score (nSPS) is 15.1. The molecule has 168 valence electrons. The minimum Gasteiger partial charge on any atom is -0.304 e. The first-order valence-corrected chi connectivity index (χ1v) is 11.3. The fraction of sp³-hybridized carbons (Fsp3) is 0.364. The smallest absolute Gasteiger partial charge is 0.304 e. The lowest BCUT2D eigenvalue weighted by atomic mass is 9.97. The minimum atomic E-state index is -4.31. The highest BCUT2D eigenvalue weighted by Crippen LogP contribution is 2.32. The van der Waals surface area contributed by atoms with Crippen molar-refractivity contribution in [2.24, 2.45) is 7.05 Å². The van der Waals surface area contributed by atoms with Gasteiger partial charge in [-0.25, -0.2) is 4.98 Å². The van der Waals surface area contributed by atoms with E-state index in [0.717, 1.165) is 55.0 Å². The van der Waals surface area contributed by atoms with Crippen LogP contribution in [-0.2, 0) is 13.2 Å². The van der Waals surface area contributed by atoms with Gasteiger partial charge in [0.15, 0.2) is 11.0 Å². The SMILES string of the molecule is Cn1c(SCCCN2CC=C(c3cccc(C(F)(F)F)c3)CC2)nnc1-c1cnccn1. The fourth-order valence-electron chi connectivity index (χ4n) is 3.60. The van der Waals surface area contributed by atoms with Gasteiger partial charge in [-0.05, 0) is 42.7 Å². The highest BCUT2D eigenvalue weighted by Gasteiger charge is 2.30. The van der Waals surface area contributed by atoms with Crippen LogP contribution in [0, 0.1) is 0 Å². The first kappa shape index (κ1) is 22.5. The van der Waals surface area contributed by atoms with Crippen LogP contribution in [-0.4, -0.2) is 55.0 Å². The second-order valence-electron chi connectivity index (χ2n) is 7.52. The number of alkyl halides is 3. The van der Waals surface area contributed by atoms with Crippen molar-refractivity contribution in [3.63, 3.8) is 0 Å². The molecule has 32 heavy (non-hydrogen) atoms. The molecule has 6 nitrogen and oxygen atoms in total. The summed E-state index contributed by atoms with van der Waals surface area (Å²) >= 11 is 1.64. The highest BCUT2D eigenvalue weighted by molar-refractivity contribution is 7.99. The van der Waals surface area contributed by atoms with E-state index < -0.39 is 11.7 Å². The molecule has 0 aliphatic carbocycles. The lowest BCUT2D eigenvalue weighted by Crippen LogP contribution is -2.29. The van der Waals surface area contributed by atoms with Crippen molar-refractivity contribution in [3.8, 4) is 11.5 Å². The molecule has 2 aromatic heterocycles. The average Bonchev–Trinajstić information content (AvgIpc) is 3.17. The molecule has 0 saturated carbocycles. The van der Waals surface area contributed by atoms with Gasteiger partial charge in [0.2, 0.25) is 0 Å². The summed E-state index contributed by atoms with van der Waals surface area (Å²) in [6, 6.07) is 5.59. The minimum absolute atomic E-state index is 0.596. The number of aromatic nitrogens is 5. The molecule has 0 spiro atoms. The fourth-order valence-corrected chi connectivity index (χ4v) is 4.44. The van der Waals surface area contributed by atoms with Crippen LogP contribution in [0.25, 0.3) is 17.1 Å². The Hall–Kier alpha value is -2.72. The first-order valence-electron chi connectivity index (χ1n) is 10.3. The van der Waals surface area contributed by atoms with Crippen molar-refractivity contribution in [2.75, 3.05) is 25.4 Å². The Bertz CT molecular complexity index is 1080. The zero-order chi connectivity index (χ0) is 22.6. The van der Waals surface area contributed by atoms with Crippen LogP contribution in [0.2, 0.25) is 0 Å². The predicted molar refractivity (Wildman–Crippen MR) is 118 cm³/mol. The molecular formula is C22H23F3N6S. The molecule has 0 saturated heterocycles. The number of nitrogens with zero attached hydrogens (tertiary/aromatic N) is 6. The second-order valence-corrected chi connectivity index (χ2v) is 8.58. The van der Waals surface area contributed by atoms with Crippen LogP contribution in [0.5, 0.6) is 0 Å². The van der Waals surface area contributed by atoms with Crippen molar-refractivity contribution < 1.29 is 13.2 Å². The highest BCUT2D eigenvalue weighted by atomic mass is 32.2. The Morgan fingerprint density at radius 3 is 2.75 bits per heavy atom. The number of rotatable bonds is 7. The molecule has 0 atom stereocenters. The van der Waals surface area contributed by atoms with E-state index in [1.54, 1.807) is 36.4 Å². The first-order chi connectivity index (χ1) is 15.4. The molecule has 1 aliphatic heterocycles. The Labute approximate surface area is 188 Å². The molecule has 10 heteroatoms. The Morgan fingerprint density at radius 1 is 1.16 bits per heavy atom. The summed E-state index contributed by atoms with van der Waals surface area (Å²) in [6.07, 6.45) is 4.37. The number of benzene rings is 1. The summed E-state index contributed by atoms with van der Waals surface area (Å²) < 4.78 is 40.8. The molecule has 0 amide bonds. The van der Waals surface area contributed by atoms with Crippen molar-refractivity contribution in [1.82, 2.24) is 29.6 Å². The largest absolute Gasteiger partial charge is 0.416 e. The lowest BCUT2D eigenvalue weighted by Gasteiger charge is -2.26. The zero-order valence-corrected chi connectivity index (χ0v) is 18.4. The second kappa shape index (κ2) is 9.83. The van der Waals surface area contributed by atoms with Gasteiger partial charge in [0, 0.05) is 38.3 Å². The molecule has 0 fully saturated rings. The maximum atomic E-state index is 13.0. The molecule has 0 radical (unpaired) electrons. The summed E-state index contributed by atoms with van der Waals surface area (Å²) in [6.45, 7) is 2.51. The standard InChI is InChI=1S/C22H23F3N6S/c1-30-20(19-15-26-8-9-27-19)28-29-21(30)32-13-3-10-31-11-6-16(7-12-31)17-4-2-5-18(14-17)22(23,24)25/h2,4-6,8-9,14-15H,3,7,10-13H2,1H3. The summed E-state index contributed by atoms with van der Waals surface area (Å²) in [5.41, 5.74) is 1.74. The molecule has 0 unspecified atom stereocenters. The van der Waals surface area contributed by atoms with Gasteiger partial charge in [0.1, 0.15) is 5.69 Å². The molecule has 0 N–H and O–H groups in total. The Morgan fingerprint density at radius 2 is 2.03 bits per heavy atom. The number of hydrogen-bond acceptors (Lipinski definition) is 6. The third-order valence-electron chi connectivity index (χ3n) is 5.33. The Kier molecular flexibility index (Phi) is 6.90. The number of thioether (sulfide) groups is 1. The molecule has 1 aromatic carbocycles. The van der Waals surface area contributed by atoms with E-state index in [4.69, 9.17) is 0 Å². The average molecular weight is 461 g/mol. The van der Waals surface area contributed by atoms with Crippen molar-refractivity contribution in [3.05, 3.63) is 60.1 Å². The Balaban J connectivity index is 1.26. The van der Waals surface area contributed by atoms with Gasteiger partial charge in [-0.15, -0.1) is 10.2 Å². The molecule has 4 rings (SSSR count). The van der Waals surface area contributed by atoms with Crippen LogP contribution in [0.1, 0.15) is 24.0 Å². The van der Waals surface area contributed by atoms with Crippen LogP contribution in [0.15, 0.2) is 54.1 Å². The third kappa shape index (κ3) is 5.36. The summed E-state index contributed by atoms with van der Waals surface area (Å²) in [4.78, 5) is 10.6. The van der Waals surface area contributed by atoms with E-state index in [0.29, 0.717) is 17.1 Å².